The maximum atomic E-state index is 14.8. The first-order chi connectivity index (χ1) is 14.4. The van der Waals surface area contributed by atoms with Crippen LogP contribution in [-0.2, 0) is 20.8 Å². The number of nitrogens with zero attached hydrogens (tertiary/aromatic N) is 4. The minimum absolute atomic E-state index is 0.209. The minimum Gasteiger partial charge on any atom is -0.442 e. The fraction of sp³-hybridized carbons (Fsp3) is 0.421. The van der Waals surface area contributed by atoms with E-state index in [4.69, 9.17) is 9.57 Å². The van der Waals surface area contributed by atoms with Gasteiger partial charge in [-0.05, 0) is 31.5 Å². The van der Waals surface area contributed by atoms with Gasteiger partial charge in [0.05, 0.1) is 24.5 Å². The predicted molar refractivity (Wildman–Crippen MR) is 110 cm³/mol. The number of aromatic nitrogens is 2. The molecule has 160 valence electrons. The van der Waals surface area contributed by atoms with Crippen molar-refractivity contribution in [1.82, 2.24) is 15.5 Å². The number of rotatable bonds is 8. The lowest BCUT2D eigenvalue weighted by Gasteiger charge is -2.14. The quantitative estimate of drug-likeness (QED) is 0.505. The summed E-state index contributed by atoms with van der Waals surface area (Å²) in [5.74, 6) is -0.720. The maximum Gasteiger partial charge on any atom is 0.414 e. The van der Waals surface area contributed by atoms with E-state index in [9.17, 15) is 14.0 Å². The topological polar surface area (TPSA) is 106 Å². The Kier molecular flexibility index (Phi) is 6.93. The fourth-order valence-corrected chi connectivity index (χ4v) is 3.76. The van der Waals surface area contributed by atoms with Crippen molar-refractivity contribution in [2.45, 2.75) is 32.8 Å². The van der Waals surface area contributed by atoms with Gasteiger partial charge in [-0.15, -0.1) is 10.2 Å². The van der Waals surface area contributed by atoms with Crippen LogP contribution in [0, 0.1) is 5.82 Å². The van der Waals surface area contributed by atoms with E-state index in [0.717, 1.165) is 10.7 Å². The minimum atomic E-state index is -0.580. The summed E-state index contributed by atoms with van der Waals surface area (Å²) < 4.78 is 20.0. The van der Waals surface area contributed by atoms with E-state index in [-0.39, 0.29) is 19.0 Å². The normalized spacial score (nSPS) is 16.5. The zero-order valence-electron chi connectivity index (χ0n) is 16.8. The second kappa shape index (κ2) is 9.61. The van der Waals surface area contributed by atoms with Crippen LogP contribution in [0.1, 0.15) is 25.3 Å². The van der Waals surface area contributed by atoms with Gasteiger partial charge in [-0.2, -0.15) is 0 Å². The van der Waals surface area contributed by atoms with E-state index in [1.807, 2.05) is 6.92 Å². The highest BCUT2D eigenvalue weighted by atomic mass is 32.1. The van der Waals surface area contributed by atoms with E-state index >= 15 is 0 Å². The first-order valence-electron chi connectivity index (χ1n) is 9.29. The molecule has 0 aliphatic carbocycles. The molecule has 1 N–H and O–H groups in total. The number of amides is 2. The van der Waals surface area contributed by atoms with Crippen molar-refractivity contribution in [2.75, 3.05) is 25.1 Å². The Labute approximate surface area is 176 Å². The van der Waals surface area contributed by atoms with Gasteiger partial charge in [-0.1, -0.05) is 16.5 Å². The molecule has 0 spiro atoms. The fourth-order valence-electron chi connectivity index (χ4n) is 2.89. The van der Waals surface area contributed by atoms with E-state index in [1.54, 1.807) is 12.1 Å². The molecular weight excluding hydrogens is 413 g/mol. The SMILES string of the molecule is CON=C(C)CCc1nnc(-c2ccc(N3C[C@H](CNC(C)=O)OC3=O)cc2F)s1. The first-order valence-corrected chi connectivity index (χ1v) is 10.1. The van der Waals surface area contributed by atoms with Crippen LogP contribution in [0.2, 0.25) is 0 Å². The van der Waals surface area contributed by atoms with Gasteiger partial charge >= 0.3 is 6.09 Å². The number of aryl methyl sites for hydroxylation is 1. The number of ether oxygens (including phenoxy) is 1. The Morgan fingerprint density at radius 2 is 2.23 bits per heavy atom. The van der Waals surface area contributed by atoms with Gasteiger partial charge < -0.3 is 14.9 Å². The largest absolute Gasteiger partial charge is 0.442 e. The number of carbonyl (C=O) groups excluding carboxylic acids is 2. The van der Waals surface area contributed by atoms with Gasteiger partial charge in [0.25, 0.3) is 0 Å². The summed E-state index contributed by atoms with van der Waals surface area (Å²) in [7, 11) is 1.49. The molecule has 0 saturated carbocycles. The van der Waals surface area contributed by atoms with Crippen LogP contribution < -0.4 is 10.2 Å². The molecule has 0 unspecified atom stereocenters. The highest BCUT2D eigenvalue weighted by Crippen LogP contribution is 2.31. The van der Waals surface area contributed by atoms with Gasteiger partial charge in [-0.25, -0.2) is 9.18 Å². The number of cyclic esters (lactones) is 1. The molecule has 1 aromatic heterocycles. The molecule has 1 aliphatic heterocycles. The summed E-state index contributed by atoms with van der Waals surface area (Å²) in [6, 6.07) is 4.48. The second-order valence-corrected chi connectivity index (χ2v) is 7.79. The number of hydrogen-bond donors (Lipinski definition) is 1. The molecule has 2 aromatic rings. The lowest BCUT2D eigenvalue weighted by Crippen LogP contribution is -2.33. The third-order valence-electron chi connectivity index (χ3n) is 4.36. The Morgan fingerprint density at radius 1 is 1.43 bits per heavy atom. The molecular formula is C19H22FN5O4S. The molecule has 1 atom stereocenters. The Bertz CT molecular complexity index is 964. The highest BCUT2D eigenvalue weighted by Gasteiger charge is 2.32. The number of carbonyl (C=O) groups is 2. The van der Waals surface area contributed by atoms with Crippen LogP contribution in [0.15, 0.2) is 23.4 Å². The zero-order valence-corrected chi connectivity index (χ0v) is 17.7. The van der Waals surface area contributed by atoms with Crippen LogP contribution in [0.4, 0.5) is 14.9 Å². The van der Waals surface area contributed by atoms with Crippen molar-refractivity contribution < 1.29 is 23.6 Å². The van der Waals surface area contributed by atoms with E-state index < -0.39 is 18.0 Å². The number of benzene rings is 1. The smallest absolute Gasteiger partial charge is 0.414 e. The Morgan fingerprint density at radius 3 is 2.93 bits per heavy atom. The van der Waals surface area contributed by atoms with E-state index in [1.165, 1.54) is 36.3 Å². The molecule has 1 saturated heterocycles. The molecule has 3 rings (SSSR count). The Hall–Kier alpha value is -3.08. The zero-order chi connectivity index (χ0) is 21.7. The van der Waals surface area contributed by atoms with Crippen LogP contribution in [0.25, 0.3) is 10.6 Å². The number of nitrogens with one attached hydrogen (secondary N) is 1. The van der Waals surface area contributed by atoms with Crippen LogP contribution in [0.3, 0.4) is 0 Å². The molecule has 1 fully saturated rings. The molecule has 30 heavy (non-hydrogen) atoms. The molecule has 2 heterocycles. The van der Waals surface area contributed by atoms with Crippen LogP contribution in [0.5, 0.6) is 0 Å². The summed E-state index contributed by atoms with van der Waals surface area (Å²) in [5.41, 5.74) is 1.52. The highest BCUT2D eigenvalue weighted by molar-refractivity contribution is 7.14. The third-order valence-corrected chi connectivity index (χ3v) is 5.38. The average Bonchev–Trinajstić information content (AvgIpc) is 3.31. The molecule has 1 aromatic carbocycles. The summed E-state index contributed by atoms with van der Waals surface area (Å²) in [4.78, 5) is 29.2. The second-order valence-electron chi connectivity index (χ2n) is 6.73. The molecule has 1 aliphatic rings. The standard InChI is InChI=1S/C19H22FN5O4S/c1-11(24-28-3)4-7-17-22-23-18(30-17)15-6-5-13(8-16(15)20)25-10-14(29-19(25)27)9-21-12(2)26/h5-6,8,14H,4,7,9-10H2,1-3H3,(H,21,26)/t14-/m0/s1. The third kappa shape index (κ3) is 5.29. The summed E-state index contributed by atoms with van der Waals surface area (Å²) >= 11 is 1.31. The van der Waals surface area contributed by atoms with E-state index in [2.05, 4.69) is 20.7 Å². The lowest BCUT2D eigenvalue weighted by atomic mass is 10.2. The molecule has 0 radical (unpaired) electrons. The monoisotopic (exact) mass is 435 g/mol. The van der Waals surface area contributed by atoms with Crippen molar-refractivity contribution in [3.8, 4) is 10.6 Å². The number of halogens is 1. The van der Waals surface area contributed by atoms with Crippen LogP contribution >= 0.6 is 11.3 Å². The number of anilines is 1. The summed E-state index contributed by atoms with van der Waals surface area (Å²) in [6.45, 7) is 3.67. The predicted octanol–water partition coefficient (Wildman–Crippen LogP) is 2.76. The average molecular weight is 435 g/mol. The molecule has 2 amide bonds. The van der Waals surface area contributed by atoms with E-state index in [0.29, 0.717) is 29.1 Å². The van der Waals surface area contributed by atoms with Crippen molar-refractivity contribution >= 4 is 34.7 Å². The lowest BCUT2D eigenvalue weighted by molar-refractivity contribution is -0.119. The number of hydrogen-bond acceptors (Lipinski definition) is 8. The van der Waals surface area contributed by atoms with Crippen LogP contribution in [-0.4, -0.2) is 54.2 Å². The molecule has 11 heteroatoms. The summed E-state index contributed by atoms with van der Waals surface area (Å²) in [6.07, 6.45) is 0.232. The van der Waals surface area contributed by atoms with Gasteiger partial charge in [-0.3, -0.25) is 9.69 Å². The van der Waals surface area contributed by atoms with Gasteiger partial charge in [0.2, 0.25) is 5.91 Å². The van der Waals surface area contributed by atoms with Crippen molar-refractivity contribution in [2.24, 2.45) is 5.16 Å². The van der Waals surface area contributed by atoms with Gasteiger partial charge in [0.15, 0.2) is 5.01 Å². The maximum absolute atomic E-state index is 14.8. The first kappa shape index (κ1) is 21.6. The summed E-state index contributed by atoms with van der Waals surface area (Å²) in [5, 5.41) is 15.9. The molecule has 9 nitrogen and oxygen atoms in total. The number of oxime groups is 1. The van der Waals surface area contributed by atoms with Crippen molar-refractivity contribution in [3.05, 3.63) is 29.0 Å². The van der Waals surface area contributed by atoms with Gasteiger partial charge in [0, 0.05) is 18.9 Å². The van der Waals surface area contributed by atoms with Crippen molar-refractivity contribution in [1.29, 1.82) is 0 Å². The van der Waals surface area contributed by atoms with Gasteiger partial charge in [0.1, 0.15) is 24.0 Å². The Balaban J connectivity index is 1.68. The molecule has 0 bridgehead atoms. The van der Waals surface area contributed by atoms with Crippen molar-refractivity contribution in [3.63, 3.8) is 0 Å².